The van der Waals surface area contributed by atoms with Gasteiger partial charge < -0.3 is 14.8 Å². The molecule has 3 rings (SSSR count). The van der Waals surface area contributed by atoms with E-state index in [0.29, 0.717) is 36.7 Å². The number of nitrogens with zero attached hydrogens (tertiary/aromatic N) is 2. The molecule has 0 unspecified atom stereocenters. The van der Waals surface area contributed by atoms with Crippen molar-refractivity contribution in [3.05, 3.63) is 65.9 Å². The van der Waals surface area contributed by atoms with Gasteiger partial charge in [-0.05, 0) is 55.3 Å². The molecule has 0 bridgehead atoms. The summed E-state index contributed by atoms with van der Waals surface area (Å²) in [5, 5.41) is 10.5. The molecule has 0 saturated carbocycles. The Morgan fingerprint density at radius 3 is 2.41 bits per heavy atom. The molecule has 8 heteroatoms. The molecule has 0 atom stereocenters. The second-order valence-electron chi connectivity index (χ2n) is 8.86. The number of methoxy groups -OCH3 is 1. The van der Waals surface area contributed by atoms with Crippen molar-refractivity contribution < 1.29 is 19.1 Å². The Labute approximate surface area is 200 Å². The van der Waals surface area contributed by atoms with Gasteiger partial charge in [-0.25, -0.2) is 9.48 Å². The zero-order chi connectivity index (χ0) is 24.7. The molecule has 1 heterocycles. The molecule has 180 valence electrons. The van der Waals surface area contributed by atoms with Gasteiger partial charge in [-0.3, -0.25) is 10.1 Å². The van der Waals surface area contributed by atoms with Crippen LogP contribution in [-0.2, 0) is 21.4 Å². The van der Waals surface area contributed by atoms with Gasteiger partial charge in [0.2, 0.25) is 0 Å². The fourth-order valence-corrected chi connectivity index (χ4v) is 3.31. The largest absolute Gasteiger partial charge is 0.497 e. The second kappa shape index (κ2) is 10.9. The quantitative estimate of drug-likeness (QED) is 0.440. The first kappa shape index (κ1) is 24.8. The highest BCUT2D eigenvalue weighted by Gasteiger charge is 2.22. The predicted molar refractivity (Wildman–Crippen MR) is 133 cm³/mol. The van der Waals surface area contributed by atoms with Crippen molar-refractivity contribution in [3.8, 4) is 11.4 Å². The summed E-state index contributed by atoms with van der Waals surface area (Å²) < 4.78 is 11.9. The maximum Gasteiger partial charge on any atom is 0.324 e. The highest BCUT2D eigenvalue weighted by Crippen LogP contribution is 2.27. The monoisotopic (exact) mass is 464 g/mol. The van der Waals surface area contributed by atoms with Crippen LogP contribution < -0.4 is 15.4 Å². The van der Waals surface area contributed by atoms with Gasteiger partial charge in [0, 0.05) is 23.6 Å². The average molecular weight is 465 g/mol. The molecule has 0 aliphatic heterocycles. The molecule has 1 aromatic heterocycles. The topological polar surface area (TPSA) is 94.5 Å². The third-order valence-corrected chi connectivity index (χ3v) is 5.15. The molecule has 3 aromatic rings. The number of urea groups is 1. The van der Waals surface area contributed by atoms with Crippen molar-refractivity contribution in [3.63, 3.8) is 0 Å². The van der Waals surface area contributed by atoms with Crippen molar-refractivity contribution in [1.82, 2.24) is 9.78 Å². The minimum absolute atomic E-state index is 0.213. The van der Waals surface area contributed by atoms with Crippen LogP contribution in [0.3, 0.4) is 0 Å². The maximum absolute atomic E-state index is 12.7. The van der Waals surface area contributed by atoms with E-state index in [1.165, 1.54) is 0 Å². The van der Waals surface area contributed by atoms with E-state index >= 15 is 0 Å². The van der Waals surface area contributed by atoms with Gasteiger partial charge in [-0.1, -0.05) is 32.9 Å². The van der Waals surface area contributed by atoms with Gasteiger partial charge >= 0.3 is 12.0 Å². The van der Waals surface area contributed by atoms with Crippen molar-refractivity contribution in [1.29, 1.82) is 0 Å². The number of nitrogens with one attached hydrogen (secondary N) is 2. The Kier molecular flexibility index (Phi) is 7.94. The van der Waals surface area contributed by atoms with Crippen molar-refractivity contribution in [2.24, 2.45) is 0 Å². The minimum Gasteiger partial charge on any atom is -0.497 e. The molecule has 0 saturated heterocycles. The lowest BCUT2D eigenvalue weighted by atomic mass is 9.92. The first-order valence-corrected chi connectivity index (χ1v) is 11.3. The van der Waals surface area contributed by atoms with Crippen LogP contribution in [0.2, 0.25) is 0 Å². The van der Waals surface area contributed by atoms with E-state index in [2.05, 4.69) is 31.4 Å². The third-order valence-electron chi connectivity index (χ3n) is 5.15. The van der Waals surface area contributed by atoms with Crippen LogP contribution in [0, 0.1) is 0 Å². The number of carbonyl (C=O) groups excluding carboxylic acids is 2. The summed E-state index contributed by atoms with van der Waals surface area (Å²) in [5.74, 6) is 1.03. The van der Waals surface area contributed by atoms with Crippen LogP contribution in [0.15, 0.2) is 54.6 Å². The van der Waals surface area contributed by atoms with Gasteiger partial charge in [0.1, 0.15) is 11.6 Å². The smallest absolute Gasteiger partial charge is 0.324 e. The van der Waals surface area contributed by atoms with E-state index in [0.717, 1.165) is 16.9 Å². The van der Waals surface area contributed by atoms with Gasteiger partial charge in [0.25, 0.3) is 0 Å². The number of hydrogen-bond acceptors (Lipinski definition) is 5. The van der Waals surface area contributed by atoms with E-state index < -0.39 is 0 Å². The molecule has 2 aromatic carbocycles. The van der Waals surface area contributed by atoms with Gasteiger partial charge in [-0.15, -0.1) is 0 Å². The summed E-state index contributed by atoms with van der Waals surface area (Å²) in [4.78, 5) is 24.5. The summed E-state index contributed by atoms with van der Waals surface area (Å²) in [5.41, 5.74) is 3.03. The number of aryl methyl sites for hydroxylation is 1. The minimum atomic E-state index is -0.384. The number of aromatic nitrogens is 2. The number of benzene rings is 2. The zero-order valence-electron chi connectivity index (χ0n) is 20.3. The fraction of sp³-hybridized carbons (Fsp3) is 0.346. The average Bonchev–Trinajstić information content (AvgIpc) is 3.23. The number of hydrogen-bond donors (Lipinski definition) is 2. The number of ether oxygens (including phenoxy) is 2. The molecular formula is C26H32N4O4. The van der Waals surface area contributed by atoms with Gasteiger partial charge in [-0.2, -0.15) is 5.10 Å². The Balaban J connectivity index is 1.83. The SMILES string of the molecule is CCOC(=O)CCc1cccc(-n2nc(C(C)(C)C)cc2NC(=O)Nc2ccc(OC)cc2)c1. The lowest BCUT2D eigenvalue weighted by Crippen LogP contribution is -2.21. The van der Waals surface area contributed by atoms with E-state index in [-0.39, 0.29) is 17.4 Å². The van der Waals surface area contributed by atoms with Crippen molar-refractivity contribution in [2.75, 3.05) is 24.4 Å². The zero-order valence-corrected chi connectivity index (χ0v) is 20.3. The van der Waals surface area contributed by atoms with Crippen LogP contribution >= 0.6 is 0 Å². The number of amides is 2. The molecule has 8 nitrogen and oxygen atoms in total. The second-order valence-corrected chi connectivity index (χ2v) is 8.86. The maximum atomic E-state index is 12.7. The van der Waals surface area contributed by atoms with E-state index in [1.54, 1.807) is 43.0 Å². The summed E-state index contributed by atoms with van der Waals surface area (Å²) in [6, 6.07) is 16.3. The molecule has 2 amide bonds. The Morgan fingerprint density at radius 2 is 1.76 bits per heavy atom. The Hall–Kier alpha value is -3.81. The van der Waals surface area contributed by atoms with Crippen LogP contribution in [0.4, 0.5) is 16.3 Å². The highest BCUT2D eigenvalue weighted by atomic mass is 16.5. The molecule has 2 N–H and O–H groups in total. The molecule has 34 heavy (non-hydrogen) atoms. The Bertz CT molecular complexity index is 1130. The summed E-state index contributed by atoms with van der Waals surface area (Å²) in [7, 11) is 1.59. The molecule has 0 aliphatic carbocycles. The number of esters is 1. The number of carbonyl (C=O) groups is 2. The standard InChI is InChI=1S/C26H32N4O4/c1-6-34-24(31)15-10-18-8-7-9-20(16-18)30-23(17-22(29-30)26(2,3)4)28-25(32)27-19-11-13-21(33-5)14-12-19/h7-9,11-14,16-17H,6,10,15H2,1-5H3,(H2,27,28,32). The van der Waals surface area contributed by atoms with Crippen LogP contribution in [-0.4, -0.2) is 35.5 Å². The first-order valence-electron chi connectivity index (χ1n) is 11.3. The lowest BCUT2D eigenvalue weighted by molar-refractivity contribution is -0.143. The summed E-state index contributed by atoms with van der Waals surface area (Å²) in [6.07, 6.45) is 0.861. The number of rotatable bonds is 8. The molecule has 0 spiro atoms. The van der Waals surface area contributed by atoms with Crippen LogP contribution in [0.25, 0.3) is 5.69 Å². The lowest BCUT2D eigenvalue weighted by Gasteiger charge is -2.14. The summed E-state index contributed by atoms with van der Waals surface area (Å²) in [6.45, 7) is 8.36. The van der Waals surface area contributed by atoms with E-state index in [4.69, 9.17) is 14.6 Å². The van der Waals surface area contributed by atoms with Crippen molar-refractivity contribution in [2.45, 2.75) is 46.0 Å². The Morgan fingerprint density at radius 1 is 1.03 bits per heavy atom. The highest BCUT2D eigenvalue weighted by molar-refractivity contribution is 5.99. The molecule has 0 fully saturated rings. The van der Waals surface area contributed by atoms with Gasteiger partial charge in [0.15, 0.2) is 0 Å². The van der Waals surface area contributed by atoms with Crippen LogP contribution in [0.1, 0.15) is 45.4 Å². The predicted octanol–water partition coefficient (Wildman–Crippen LogP) is 5.32. The summed E-state index contributed by atoms with van der Waals surface area (Å²) >= 11 is 0. The third kappa shape index (κ3) is 6.60. The molecule has 0 radical (unpaired) electrons. The van der Waals surface area contributed by atoms with Gasteiger partial charge in [0.05, 0.1) is 25.1 Å². The normalized spacial score (nSPS) is 11.1. The van der Waals surface area contributed by atoms with E-state index in [9.17, 15) is 9.59 Å². The van der Waals surface area contributed by atoms with Crippen LogP contribution in [0.5, 0.6) is 5.75 Å². The molecular weight excluding hydrogens is 432 g/mol. The fourth-order valence-electron chi connectivity index (χ4n) is 3.31. The van der Waals surface area contributed by atoms with Crippen molar-refractivity contribution >= 4 is 23.5 Å². The molecule has 0 aliphatic rings. The first-order chi connectivity index (χ1) is 16.2. The van der Waals surface area contributed by atoms with E-state index in [1.807, 2.05) is 30.3 Å². The number of anilines is 2.